The van der Waals surface area contributed by atoms with E-state index in [1.807, 2.05) is 6.20 Å². The van der Waals surface area contributed by atoms with Crippen LogP contribution in [-0.4, -0.2) is 61.7 Å². The lowest BCUT2D eigenvalue weighted by atomic mass is 10.1. The first kappa shape index (κ1) is 18.7. The SMILES string of the molecule is CCNC(=NCCCc1cn[nH]c1C)NCCCOC1CCOC1. The number of nitrogens with zero attached hydrogens (tertiary/aromatic N) is 2. The molecule has 1 atom stereocenters. The number of aryl methyl sites for hydroxylation is 2. The third-order valence-electron chi connectivity index (χ3n) is 4.01. The van der Waals surface area contributed by atoms with Crippen LogP contribution in [0.25, 0.3) is 0 Å². The standard InChI is InChI=1S/C17H31N5O2/c1-3-18-17(19-8-4-6-15-12-21-22-14(15)2)20-9-5-10-24-16-7-11-23-13-16/h12,16H,3-11,13H2,1-2H3,(H,21,22)(H2,18,19,20). The molecule has 0 spiro atoms. The molecule has 0 saturated carbocycles. The van der Waals surface area contributed by atoms with Crippen LogP contribution >= 0.6 is 0 Å². The van der Waals surface area contributed by atoms with Crippen LogP contribution < -0.4 is 10.6 Å². The van der Waals surface area contributed by atoms with Gasteiger partial charge in [0, 0.05) is 38.5 Å². The van der Waals surface area contributed by atoms with Gasteiger partial charge in [0.1, 0.15) is 0 Å². The quantitative estimate of drug-likeness (QED) is 0.341. The van der Waals surface area contributed by atoms with Crippen LogP contribution in [0, 0.1) is 6.92 Å². The van der Waals surface area contributed by atoms with Crippen LogP contribution in [0.15, 0.2) is 11.2 Å². The molecule has 0 aromatic carbocycles. The Morgan fingerprint density at radius 3 is 3.08 bits per heavy atom. The molecule has 0 amide bonds. The number of aromatic amines is 1. The number of hydrogen-bond acceptors (Lipinski definition) is 4. The number of rotatable bonds is 10. The summed E-state index contributed by atoms with van der Waals surface area (Å²) in [6.45, 7) is 9.00. The molecule has 0 bridgehead atoms. The molecule has 24 heavy (non-hydrogen) atoms. The summed E-state index contributed by atoms with van der Waals surface area (Å²) in [5.41, 5.74) is 2.42. The summed E-state index contributed by atoms with van der Waals surface area (Å²) >= 11 is 0. The van der Waals surface area contributed by atoms with E-state index in [0.29, 0.717) is 6.10 Å². The van der Waals surface area contributed by atoms with E-state index in [4.69, 9.17) is 9.47 Å². The van der Waals surface area contributed by atoms with Gasteiger partial charge in [-0.2, -0.15) is 5.10 Å². The van der Waals surface area contributed by atoms with E-state index in [0.717, 1.165) is 76.8 Å². The van der Waals surface area contributed by atoms with Crippen molar-refractivity contribution in [2.24, 2.45) is 4.99 Å². The number of guanidine groups is 1. The Kier molecular flexibility index (Phi) is 8.62. The fourth-order valence-electron chi connectivity index (χ4n) is 2.60. The number of aliphatic imine (C=N–C) groups is 1. The zero-order valence-corrected chi connectivity index (χ0v) is 14.9. The van der Waals surface area contributed by atoms with Crippen molar-refractivity contribution in [3.8, 4) is 0 Å². The lowest BCUT2D eigenvalue weighted by molar-refractivity contribution is 0.0420. The van der Waals surface area contributed by atoms with Crippen LogP contribution in [0.3, 0.4) is 0 Å². The number of aromatic nitrogens is 2. The van der Waals surface area contributed by atoms with Crippen molar-refractivity contribution in [1.82, 2.24) is 20.8 Å². The van der Waals surface area contributed by atoms with Crippen molar-refractivity contribution in [3.63, 3.8) is 0 Å². The van der Waals surface area contributed by atoms with Crippen molar-refractivity contribution in [3.05, 3.63) is 17.5 Å². The van der Waals surface area contributed by atoms with E-state index >= 15 is 0 Å². The number of H-pyrrole nitrogens is 1. The van der Waals surface area contributed by atoms with E-state index in [1.54, 1.807) is 0 Å². The molecule has 0 radical (unpaired) electrons. The second kappa shape index (κ2) is 11.0. The lowest BCUT2D eigenvalue weighted by Crippen LogP contribution is -2.38. The van der Waals surface area contributed by atoms with E-state index in [-0.39, 0.29) is 0 Å². The van der Waals surface area contributed by atoms with Crippen molar-refractivity contribution < 1.29 is 9.47 Å². The van der Waals surface area contributed by atoms with Gasteiger partial charge in [0.15, 0.2) is 5.96 Å². The van der Waals surface area contributed by atoms with Crippen LogP contribution in [0.5, 0.6) is 0 Å². The van der Waals surface area contributed by atoms with Crippen LogP contribution in [-0.2, 0) is 15.9 Å². The Labute approximate surface area is 144 Å². The Bertz CT molecular complexity index is 483. The third kappa shape index (κ3) is 6.88. The predicted molar refractivity (Wildman–Crippen MR) is 95.4 cm³/mol. The number of nitrogens with one attached hydrogen (secondary N) is 3. The Balaban J connectivity index is 1.58. The minimum absolute atomic E-state index is 0.290. The molecule has 7 nitrogen and oxygen atoms in total. The Morgan fingerprint density at radius 1 is 1.46 bits per heavy atom. The molecular weight excluding hydrogens is 306 g/mol. The largest absolute Gasteiger partial charge is 0.379 e. The normalized spacial score (nSPS) is 18.1. The average molecular weight is 337 g/mol. The zero-order chi connectivity index (χ0) is 17.0. The summed E-state index contributed by atoms with van der Waals surface area (Å²) < 4.78 is 11.1. The topological polar surface area (TPSA) is 83.6 Å². The monoisotopic (exact) mass is 337 g/mol. The summed E-state index contributed by atoms with van der Waals surface area (Å²) in [5, 5.41) is 13.7. The highest BCUT2D eigenvalue weighted by atomic mass is 16.5. The van der Waals surface area contributed by atoms with Crippen molar-refractivity contribution in [1.29, 1.82) is 0 Å². The Morgan fingerprint density at radius 2 is 2.38 bits per heavy atom. The van der Waals surface area contributed by atoms with Crippen LogP contribution in [0.4, 0.5) is 0 Å². The molecule has 1 aliphatic rings. The third-order valence-corrected chi connectivity index (χ3v) is 4.01. The van der Waals surface area contributed by atoms with Crippen molar-refractivity contribution >= 4 is 5.96 Å². The second-order valence-corrected chi connectivity index (χ2v) is 6.02. The molecule has 3 N–H and O–H groups in total. The van der Waals surface area contributed by atoms with Gasteiger partial charge in [0.25, 0.3) is 0 Å². The van der Waals surface area contributed by atoms with Crippen LogP contribution in [0.1, 0.15) is 37.4 Å². The second-order valence-electron chi connectivity index (χ2n) is 6.02. The van der Waals surface area contributed by atoms with Gasteiger partial charge in [-0.25, -0.2) is 0 Å². The first-order chi connectivity index (χ1) is 11.8. The lowest BCUT2D eigenvalue weighted by Gasteiger charge is -2.13. The number of hydrogen-bond donors (Lipinski definition) is 3. The van der Waals surface area contributed by atoms with E-state index in [2.05, 4.69) is 39.7 Å². The highest BCUT2D eigenvalue weighted by Crippen LogP contribution is 2.08. The van der Waals surface area contributed by atoms with Gasteiger partial charge in [0.2, 0.25) is 0 Å². The van der Waals surface area contributed by atoms with Crippen molar-refractivity contribution in [2.45, 2.75) is 45.6 Å². The van der Waals surface area contributed by atoms with E-state index in [9.17, 15) is 0 Å². The minimum Gasteiger partial charge on any atom is -0.379 e. The fraction of sp³-hybridized carbons (Fsp3) is 0.765. The smallest absolute Gasteiger partial charge is 0.191 e. The summed E-state index contributed by atoms with van der Waals surface area (Å²) in [7, 11) is 0. The summed E-state index contributed by atoms with van der Waals surface area (Å²) in [4.78, 5) is 4.62. The maximum absolute atomic E-state index is 5.76. The molecule has 1 fully saturated rings. The molecule has 7 heteroatoms. The highest BCUT2D eigenvalue weighted by molar-refractivity contribution is 5.79. The highest BCUT2D eigenvalue weighted by Gasteiger charge is 2.15. The molecule has 0 aliphatic carbocycles. The Hall–Kier alpha value is -1.60. The molecule has 1 unspecified atom stereocenters. The van der Waals surface area contributed by atoms with Crippen LogP contribution in [0.2, 0.25) is 0 Å². The van der Waals surface area contributed by atoms with Gasteiger partial charge in [-0.3, -0.25) is 10.1 Å². The van der Waals surface area contributed by atoms with Crippen molar-refractivity contribution in [2.75, 3.05) is 39.5 Å². The predicted octanol–water partition coefficient (Wildman–Crippen LogP) is 1.40. The van der Waals surface area contributed by atoms with Gasteiger partial charge >= 0.3 is 0 Å². The van der Waals surface area contributed by atoms with Gasteiger partial charge < -0.3 is 20.1 Å². The molecular formula is C17H31N5O2. The molecule has 1 aliphatic heterocycles. The summed E-state index contributed by atoms with van der Waals surface area (Å²) in [5.74, 6) is 0.880. The summed E-state index contributed by atoms with van der Waals surface area (Å²) in [6, 6.07) is 0. The molecule has 1 aromatic heterocycles. The van der Waals surface area contributed by atoms with Gasteiger partial charge in [-0.15, -0.1) is 0 Å². The fourth-order valence-corrected chi connectivity index (χ4v) is 2.60. The molecule has 136 valence electrons. The average Bonchev–Trinajstić information content (AvgIpc) is 3.23. The zero-order valence-electron chi connectivity index (χ0n) is 14.9. The summed E-state index contributed by atoms with van der Waals surface area (Å²) in [6.07, 6.45) is 6.20. The van der Waals surface area contributed by atoms with Gasteiger partial charge in [-0.1, -0.05) is 0 Å². The molecule has 2 heterocycles. The van der Waals surface area contributed by atoms with Gasteiger partial charge in [-0.05, 0) is 45.1 Å². The minimum atomic E-state index is 0.290. The van der Waals surface area contributed by atoms with E-state index < -0.39 is 0 Å². The molecule has 1 saturated heterocycles. The maximum atomic E-state index is 5.76. The number of ether oxygens (including phenoxy) is 2. The first-order valence-corrected chi connectivity index (χ1v) is 9.00. The molecule has 2 rings (SSSR count). The van der Waals surface area contributed by atoms with Gasteiger partial charge in [0.05, 0.1) is 18.9 Å². The molecule has 1 aromatic rings. The van der Waals surface area contributed by atoms with E-state index in [1.165, 1.54) is 5.56 Å². The maximum Gasteiger partial charge on any atom is 0.191 e. The first-order valence-electron chi connectivity index (χ1n) is 9.00.